The van der Waals surface area contributed by atoms with E-state index in [1.54, 1.807) is 0 Å². The highest BCUT2D eigenvalue weighted by Gasteiger charge is 1.93. The van der Waals surface area contributed by atoms with Crippen molar-refractivity contribution < 1.29 is 0 Å². The van der Waals surface area contributed by atoms with Crippen molar-refractivity contribution in [2.24, 2.45) is 5.92 Å². The zero-order chi connectivity index (χ0) is 11.9. The Morgan fingerprint density at radius 2 is 1.40 bits per heavy atom. The van der Waals surface area contributed by atoms with Crippen LogP contribution in [0, 0.1) is 5.92 Å². The summed E-state index contributed by atoms with van der Waals surface area (Å²) in [7, 11) is 0. The predicted octanol–water partition coefficient (Wildman–Crippen LogP) is 6.15. The summed E-state index contributed by atoms with van der Waals surface area (Å²) >= 11 is 4.76. The summed E-state index contributed by atoms with van der Waals surface area (Å²) in [6.07, 6.45) is 11.5. The zero-order valence-electron chi connectivity index (χ0n) is 10.9. The molecule has 0 spiro atoms. The SMILES string of the molecule is C=CCl.CCCCCCCCCC(C)C. The van der Waals surface area contributed by atoms with Gasteiger partial charge in [-0.1, -0.05) is 90.3 Å². The van der Waals surface area contributed by atoms with E-state index in [9.17, 15) is 0 Å². The molecule has 0 aromatic rings. The molecule has 15 heavy (non-hydrogen) atoms. The van der Waals surface area contributed by atoms with E-state index in [4.69, 9.17) is 11.6 Å². The fourth-order valence-corrected chi connectivity index (χ4v) is 1.51. The summed E-state index contributed by atoms with van der Waals surface area (Å²) in [5.41, 5.74) is 1.22. The molecule has 0 aromatic carbocycles. The Hall–Kier alpha value is 0.0300. The largest absolute Gasteiger partial charge is 0.0936 e. The first-order chi connectivity index (χ1) is 7.18. The number of unbranched alkanes of at least 4 members (excludes halogenated alkanes) is 6. The minimum Gasteiger partial charge on any atom is -0.0936 e. The molecule has 0 amide bonds. The molecule has 1 heteroatoms. The van der Waals surface area contributed by atoms with Crippen LogP contribution in [0.4, 0.5) is 0 Å². The van der Waals surface area contributed by atoms with Gasteiger partial charge in [-0.2, -0.15) is 0 Å². The molecule has 0 nitrogen and oxygen atoms in total. The van der Waals surface area contributed by atoms with Gasteiger partial charge in [0.1, 0.15) is 0 Å². The Bertz CT molecular complexity index is 108. The molecule has 0 saturated heterocycles. The normalized spacial score (nSPS) is 9.67. The Morgan fingerprint density at radius 3 is 1.80 bits per heavy atom. The third-order valence-electron chi connectivity index (χ3n) is 2.39. The summed E-state index contributed by atoms with van der Waals surface area (Å²) in [5, 5.41) is 0. The zero-order valence-corrected chi connectivity index (χ0v) is 11.7. The van der Waals surface area contributed by atoms with Gasteiger partial charge >= 0.3 is 0 Å². The summed E-state index contributed by atoms with van der Waals surface area (Å²) in [6.45, 7) is 10.0. The second kappa shape index (κ2) is 16.5. The molecule has 0 heterocycles. The molecule has 0 aliphatic heterocycles. The van der Waals surface area contributed by atoms with E-state index in [-0.39, 0.29) is 0 Å². The van der Waals surface area contributed by atoms with E-state index >= 15 is 0 Å². The number of rotatable bonds is 8. The predicted molar refractivity (Wildman–Crippen MR) is 73.5 cm³/mol. The van der Waals surface area contributed by atoms with Crippen molar-refractivity contribution in [3.8, 4) is 0 Å². The van der Waals surface area contributed by atoms with Crippen LogP contribution in [0.5, 0.6) is 0 Å². The Labute approximate surface area is 102 Å². The van der Waals surface area contributed by atoms with Crippen molar-refractivity contribution in [2.75, 3.05) is 0 Å². The number of hydrogen-bond donors (Lipinski definition) is 0. The van der Waals surface area contributed by atoms with Gasteiger partial charge < -0.3 is 0 Å². The molecule has 92 valence electrons. The first-order valence-corrected chi connectivity index (χ1v) is 6.83. The van der Waals surface area contributed by atoms with Crippen LogP contribution in [0.2, 0.25) is 0 Å². The van der Waals surface area contributed by atoms with Crippen LogP contribution in [-0.4, -0.2) is 0 Å². The van der Waals surface area contributed by atoms with Crippen LogP contribution in [0.3, 0.4) is 0 Å². The van der Waals surface area contributed by atoms with Crippen molar-refractivity contribution >= 4 is 11.6 Å². The first kappa shape index (κ1) is 17.4. The molecule has 0 unspecified atom stereocenters. The molecule has 0 atom stereocenters. The van der Waals surface area contributed by atoms with Crippen molar-refractivity contribution in [2.45, 2.75) is 72.1 Å². The van der Waals surface area contributed by atoms with Gasteiger partial charge in [0.2, 0.25) is 0 Å². The van der Waals surface area contributed by atoms with Gasteiger partial charge in [-0.25, -0.2) is 0 Å². The van der Waals surface area contributed by atoms with E-state index in [0.29, 0.717) is 0 Å². The molecule has 0 saturated carbocycles. The van der Waals surface area contributed by atoms with Crippen molar-refractivity contribution in [3.05, 3.63) is 12.1 Å². The lowest BCUT2D eigenvalue weighted by atomic mass is 10.0. The molecule has 0 radical (unpaired) electrons. The highest BCUT2D eigenvalue weighted by Crippen LogP contribution is 2.11. The van der Waals surface area contributed by atoms with Gasteiger partial charge in [0, 0.05) is 0 Å². The highest BCUT2D eigenvalue weighted by molar-refractivity contribution is 6.25. The smallest absolute Gasteiger partial charge is 0.00296 e. The molecule has 0 N–H and O–H groups in total. The lowest BCUT2D eigenvalue weighted by Crippen LogP contribution is -1.87. The monoisotopic (exact) mass is 232 g/mol. The molecule has 0 bridgehead atoms. The van der Waals surface area contributed by atoms with Gasteiger partial charge in [-0.15, -0.1) is 0 Å². The van der Waals surface area contributed by atoms with Gasteiger partial charge in [-0.3, -0.25) is 0 Å². The molecule has 0 rings (SSSR count). The minimum atomic E-state index is 0.903. The van der Waals surface area contributed by atoms with Gasteiger partial charge in [-0.05, 0) is 11.5 Å². The van der Waals surface area contributed by atoms with E-state index in [2.05, 4.69) is 27.4 Å². The van der Waals surface area contributed by atoms with Crippen molar-refractivity contribution in [3.63, 3.8) is 0 Å². The van der Waals surface area contributed by atoms with Crippen LogP contribution in [0.1, 0.15) is 72.1 Å². The molecular formula is C14H29Cl. The average molecular weight is 233 g/mol. The topological polar surface area (TPSA) is 0 Å². The second-order valence-corrected chi connectivity index (χ2v) is 4.77. The first-order valence-electron chi connectivity index (χ1n) is 6.40. The molecule has 0 aliphatic rings. The highest BCUT2D eigenvalue weighted by atomic mass is 35.5. The average Bonchev–Trinajstić information content (AvgIpc) is 2.17. The summed E-state index contributed by atoms with van der Waals surface area (Å²) in [4.78, 5) is 0. The number of hydrogen-bond acceptors (Lipinski definition) is 0. The van der Waals surface area contributed by atoms with Gasteiger partial charge in [0.05, 0.1) is 0 Å². The second-order valence-electron chi connectivity index (χ2n) is 4.46. The molecular weight excluding hydrogens is 204 g/mol. The van der Waals surface area contributed by atoms with Crippen LogP contribution in [0.15, 0.2) is 12.1 Å². The fourth-order valence-electron chi connectivity index (χ4n) is 1.51. The third-order valence-corrected chi connectivity index (χ3v) is 2.39. The third kappa shape index (κ3) is 24.9. The summed E-state index contributed by atoms with van der Waals surface area (Å²) < 4.78 is 0. The standard InChI is InChI=1S/C12H26.C2H3Cl/c1-4-5-6-7-8-9-10-11-12(2)3;1-2-3/h12H,4-11H2,1-3H3;2H,1H2. The summed E-state index contributed by atoms with van der Waals surface area (Å²) in [5.74, 6) is 0.903. The minimum absolute atomic E-state index is 0.903. The lowest BCUT2D eigenvalue weighted by molar-refractivity contribution is 0.511. The fraction of sp³-hybridized carbons (Fsp3) is 0.857. The van der Waals surface area contributed by atoms with Gasteiger partial charge in [0.25, 0.3) is 0 Å². The molecule has 0 fully saturated rings. The maximum Gasteiger partial charge on any atom is -0.00296 e. The Kier molecular flexibility index (Phi) is 19.1. The maximum atomic E-state index is 4.76. The van der Waals surface area contributed by atoms with E-state index in [1.807, 2.05) is 0 Å². The lowest BCUT2D eigenvalue weighted by Gasteiger charge is -2.03. The molecule has 0 aliphatic carbocycles. The summed E-state index contributed by atoms with van der Waals surface area (Å²) in [6, 6.07) is 0. The quantitative estimate of drug-likeness (QED) is 0.440. The van der Waals surface area contributed by atoms with Crippen LogP contribution < -0.4 is 0 Å². The molecule has 0 aromatic heterocycles. The van der Waals surface area contributed by atoms with Crippen LogP contribution in [0.25, 0.3) is 0 Å². The van der Waals surface area contributed by atoms with E-state index in [1.165, 1.54) is 56.9 Å². The van der Waals surface area contributed by atoms with Crippen LogP contribution in [-0.2, 0) is 0 Å². The van der Waals surface area contributed by atoms with E-state index < -0.39 is 0 Å². The van der Waals surface area contributed by atoms with E-state index in [0.717, 1.165) is 5.92 Å². The van der Waals surface area contributed by atoms with Crippen molar-refractivity contribution in [1.29, 1.82) is 0 Å². The Balaban J connectivity index is 0. The number of halogens is 1. The van der Waals surface area contributed by atoms with Crippen molar-refractivity contribution in [1.82, 2.24) is 0 Å². The van der Waals surface area contributed by atoms with Crippen LogP contribution >= 0.6 is 11.6 Å². The maximum absolute atomic E-state index is 4.76. The van der Waals surface area contributed by atoms with Gasteiger partial charge in [0.15, 0.2) is 0 Å². The Morgan fingerprint density at radius 1 is 1.00 bits per heavy atom.